The van der Waals surface area contributed by atoms with Crippen LogP contribution >= 0.6 is 0 Å². The monoisotopic (exact) mass is 154 g/mol. The first-order valence-corrected chi connectivity index (χ1v) is 3.60. The molecule has 0 aliphatic rings. The molecule has 62 valence electrons. The SMILES string of the molecule is CCC/C=C(N)/C=C/C(N)=O. The third-order valence-corrected chi connectivity index (χ3v) is 1.11. The van der Waals surface area contributed by atoms with Crippen molar-refractivity contribution in [1.82, 2.24) is 0 Å². The Morgan fingerprint density at radius 1 is 1.36 bits per heavy atom. The summed E-state index contributed by atoms with van der Waals surface area (Å²) in [7, 11) is 0. The molecular weight excluding hydrogens is 140 g/mol. The third-order valence-electron chi connectivity index (χ3n) is 1.11. The summed E-state index contributed by atoms with van der Waals surface area (Å²) in [6.45, 7) is 2.06. The second kappa shape index (κ2) is 5.53. The quantitative estimate of drug-likeness (QED) is 0.461. The van der Waals surface area contributed by atoms with E-state index in [9.17, 15) is 4.79 Å². The Kier molecular flexibility index (Phi) is 4.90. The van der Waals surface area contributed by atoms with E-state index >= 15 is 0 Å². The highest BCUT2D eigenvalue weighted by Gasteiger charge is 1.84. The van der Waals surface area contributed by atoms with Crippen LogP contribution in [0.3, 0.4) is 0 Å². The molecule has 0 fully saturated rings. The zero-order valence-electron chi connectivity index (χ0n) is 6.71. The summed E-state index contributed by atoms with van der Waals surface area (Å²) < 4.78 is 0. The van der Waals surface area contributed by atoms with Crippen molar-refractivity contribution in [3.8, 4) is 0 Å². The predicted octanol–water partition coefficient (Wildman–Crippen LogP) is 0.671. The molecule has 0 aromatic carbocycles. The predicted molar refractivity (Wildman–Crippen MR) is 45.5 cm³/mol. The van der Waals surface area contributed by atoms with Crippen molar-refractivity contribution in [1.29, 1.82) is 0 Å². The Hall–Kier alpha value is -1.25. The third kappa shape index (κ3) is 6.64. The van der Waals surface area contributed by atoms with Gasteiger partial charge < -0.3 is 11.5 Å². The van der Waals surface area contributed by atoms with Crippen LogP contribution in [-0.2, 0) is 4.79 Å². The standard InChI is InChI=1S/C8H14N2O/c1-2-3-4-7(9)5-6-8(10)11/h4-6H,2-3,9H2,1H3,(H2,10,11)/b6-5+,7-4-. The fourth-order valence-electron chi connectivity index (χ4n) is 0.557. The van der Waals surface area contributed by atoms with E-state index in [0.717, 1.165) is 12.8 Å². The van der Waals surface area contributed by atoms with Crippen molar-refractivity contribution in [2.75, 3.05) is 0 Å². The smallest absolute Gasteiger partial charge is 0.241 e. The molecule has 0 atom stereocenters. The minimum absolute atomic E-state index is 0.474. The van der Waals surface area contributed by atoms with Crippen LogP contribution in [0.1, 0.15) is 19.8 Å². The van der Waals surface area contributed by atoms with Crippen LogP contribution in [-0.4, -0.2) is 5.91 Å². The number of nitrogens with two attached hydrogens (primary N) is 2. The van der Waals surface area contributed by atoms with Gasteiger partial charge in [-0.1, -0.05) is 19.4 Å². The van der Waals surface area contributed by atoms with Crippen molar-refractivity contribution < 1.29 is 4.79 Å². The van der Waals surface area contributed by atoms with E-state index in [1.165, 1.54) is 12.2 Å². The highest BCUT2D eigenvalue weighted by atomic mass is 16.1. The van der Waals surface area contributed by atoms with Crippen molar-refractivity contribution in [3.63, 3.8) is 0 Å². The van der Waals surface area contributed by atoms with Crippen LogP contribution in [0.15, 0.2) is 23.9 Å². The molecular formula is C8H14N2O. The number of hydrogen-bond acceptors (Lipinski definition) is 2. The highest BCUT2D eigenvalue weighted by Crippen LogP contribution is 1.93. The zero-order valence-corrected chi connectivity index (χ0v) is 6.71. The number of allylic oxidation sites excluding steroid dienone is 2. The fraction of sp³-hybridized carbons (Fsp3) is 0.375. The lowest BCUT2D eigenvalue weighted by atomic mass is 10.2. The van der Waals surface area contributed by atoms with Gasteiger partial charge in [0.05, 0.1) is 0 Å². The maximum Gasteiger partial charge on any atom is 0.241 e. The van der Waals surface area contributed by atoms with Crippen LogP contribution in [0, 0.1) is 0 Å². The van der Waals surface area contributed by atoms with Crippen molar-refractivity contribution >= 4 is 5.91 Å². The second-order valence-corrected chi connectivity index (χ2v) is 2.23. The molecule has 0 aromatic rings. The van der Waals surface area contributed by atoms with E-state index in [0.29, 0.717) is 5.70 Å². The van der Waals surface area contributed by atoms with Gasteiger partial charge >= 0.3 is 0 Å². The molecule has 0 aliphatic heterocycles. The summed E-state index contributed by atoms with van der Waals surface area (Å²) >= 11 is 0. The Balaban J connectivity index is 3.84. The van der Waals surface area contributed by atoms with Gasteiger partial charge in [0.1, 0.15) is 0 Å². The number of hydrogen-bond donors (Lipinski definition) is 2. The molecule has 0 radical (unpaired) electrons. The van der Waals surface area contributed by atoms with E-state index in [1.54, 1.807) is 0 Å². The van der Waals surface area contributed by atoms with Gasteiger partial charge in [0, 0.05) is 11.8 Å². The fourth-order valence-corrected chi connectivity index (χ4v) is 0.557. The first-order valence-electron chi connectivity index (χ1n) is 3.60. The van der Waals surface area contributed by atoms with E-state index < -0.39 is 5.91 Å². The molecule has 0 rings (SSSR count). The minimum atomic E-state index is -0.474. The van der Waals surface area contributed by atoms with Gasteiger partial charge in [0.25, 0.3) is 0 Å². The first kappa shape index (κ1) is 9.75. The second-order valence-electron chi connectivity index (χ2n) is 2.23. The van der Waals surface area contributed by atoms with Crippen LogP contribution in [0.2, 0.25) is 0 Å². The number of unbranched alkanes of at least 4 members (excludes halogenated alkanes) is 1. The van der Waals surface area contributed by atoms with Gasteiger partial charge in [0.2, 0.25) is 5.91 Å². The Bertz CT molecular complexity index is 183. The van der Waals surface area contributed by atoms with Gasteiger partial charge in [-0.3, -0.25) is 4.79 Å². The minimum Gasteiger partial charge on any atom is -0.399 e. The molecule has 0 spiro atoms. The van der Waals surface area contributed by atoms with Gasteiger partial charge in [-0.25, -0.2) is 0 Å². The molecule has 11 heavy (non-hydrogen) atoms. The molecule has 4 N–H and O–H groups in total. The van der Waals surface area contributed by atoms with E-state index in [4.69, 9.17) is 11.5 Å². The molecule has 3 heteroatoms. The Morgan fingerprint density at radius 3 is 2.45 bits per heavy atom. The van der Waals surface area contributed by atoms with Gasteiger partial charge in [-0.15, -0.1) is 0 Å². The van der Waals surface area contributed by atoms with Crippen LogP contribution in [0.25, 0.3) is 0 Å². The number of rotatable bonds is 4. The summed E-state index contributed by atoms with van der Waals surface area (Å²) in [5.74, 6) is -0.474. The molecule has 3 nitrogen and oxygen atoms in total. The average Bonchev–Trinajstić information content (AvgIpc) is 1.97. The largest absolute Gasteiger partial charge is 0.399 e. The summed E-state index contributed by atoms with van der Waals surface area (Å²) in [5.41, 5.74) is 10.9. The summed E-state index contributed by atoms with van der Waals surface area (Å²) in [6, 6.07) is 0. The average molecular weight is 154 g/mol. The highest BCUT2D eigenvalue weighted by molar-refractivity contribution is 5.86. The van der Waals surface area contributed by atoms with E-state index in [1.807, 2.05) is 6.08 Å². The Labute approximate surface area is 66.8 Å². The molecule has 0 saturated heterocycles. The molecule has 0 aromatic heterocycles. The van der Waals surface area contributed by atoms with Crippen molar-refractivity contribution in [3.05, 3.63) is 23.9 Å². The lowest BCUT2D eigenvalue weighted by molar-refractivity contribution is -0.113. The van der Waals surface area contributed by atoms with Gasteiger partial charge in [-0.2, -0.15) is 0 Å². The topological polar surface area (TPSA) is 69.1 Å². The Morgan fingerprint density at radius 2 is 2.00 bits per heavy atom. The maximum atomic E-state index is 10.2. The van der Waals surface area contributed by atoms with E-state index in [2.05, 4.69) is 6.92 Å². The van der Waals surface area contributed by atoms with Crippen molar-refractivity contribution in [2.45, 2.75) is 19.8 Å². The number of amides is 1. The lowest BCUT2D eigenvalue weighted by Gasteiger charge is -1.90. The first-order chi connectivity index (χ1) is 5.16. The molecule has 1 amide bonds. The van der Waals surface area contributed by atoms with Crippen LogP contribution in [0.5, 0.6) is 0 Å². The number of carbonyl (C=O) groups is 1. The summed E-state index contributed by atoms with van der Waals surface area (Å²) in [5, 5.41) is 0. The summed E-state index contributed by atoms with van der Waals surface area (Å²) in [6.07, 6.45) is 6.60. The molecule has 0 aliphatic carbocycles. The van der Waals surface area contributed by atoms with Crippen LogP contribution < -0.4 is 11.5 Å². The molecule has 0 bridgehead atoms. The van der Waals surface area contributed by atoms with Crippen molar-refractivity contribution in [2.24, 2.45) is 11.5 Å². The lowest BCUT2D eigenvalue weighted by Crippen LogP contribution is -2.06. The van der Waals surface area contributed by atoms with Gasteiger partial charge in [0.15, 0.2) is 0 Å². The number of primary amides is 1. The molecule has 0 heterocycles. The van der Waals surface area contributed by atoms with E-state index in [-0.39, 0.29) is 0 Å². The van der Waals surface area contributed by atoms with Gasteiger partial charge in [-0.05, 0) is 12.5 Å². The normalized spacial score (nSPS) is 12.3. The molecule has 0 saturated carbocycles. The zero-order chi connectivity index (χ0) is 8.69. The molecule has 0 unspecified atom stereocenters. The van der Waals surface area contributed by atoms with Crippen LogP contribution in [0.4, 0.5) is 0 Å². The number of carbonyl (C=O) groups excluding carboxylic acids is 1. The summed E-state index contributed by atoms with van der Waals surface area (Å²) in [4.78, 5) is 10.2. The maximum absolute atomic E-state index is 10.2.